The highest BCUT2D eigenvalue weighted by molar-refractivity contribution is 6.34. The molecule has 0 spiro atoms. The molecule has 0 fully saturated rings. The van der Waals surface area contributed by atoms with Gasteiger partial charge in [-0.15, -0.1) is 0 Å². The molecule has 1 aromatic heterocycles. The summed E-state index contributed by atoms with van der Waals surface area (Å²) in [5.41, 5.74) is 1.10. The van der Waals surface area contributed by atoms with Crippen molar-refractivity contribution in [3.63, 3.8) is 0 Å². The average molecular weight is 493 g/mol. The fourth-order valence-corrected chi connectivity index (χ4v) is 3.11. The minimum Gasteiger partial charge on any atom is -0.462 e. The van der Waals surface area contributed by atoms with E-state index >= 15 is 0 Å². The van der Waals surface area contributed by atoms with Crippen molar-refractivity contribution in [1.82, 2.24) is 9.97 Å². The third-order valence-electron chi connectivity index (χ3n) is 4.19. The summed E-state index contributed by atoms with van der Waals surface area (Å²) in [6.45, 7) is 3.75. The Labute approximate surface area is 199 Å². The standard InChI is InChI=1S/C22H19Cl2FN4O4/c1-3-32-20(30)14-9-12(5-7-16(14)23)27-19-18(25)11-26-22(29-19)28-13-6-8-17(24)15(10-13)21(31)33-4-2/h5-11H,3-4H2,1-2H3,(H2,26,27,28,29). The first-order chi connectivity index (χ1) is 15.8. The Morgan fingerprint density at radius 2 is 1.42 bits per heavy atom. The molecule has 0 radical (unpaired) electrons. The first-order valence-corrected chi connectivity index (χ1v) is 10.6. The Hall–Kier alpha value is -3.43. The van der Waals surface area contributed by atoms with Gasteiger partial charge in [-0.05, 0) is 50.2 Å². The van der Waals surface area contributed by atoms with Crippen molar-refractivity contribution >= 4 is 58.3 Å². The summed E-state index contributed by atoms with van der Waals surface area (Å²) < 4.78 is 24.3. The van der Waals surface area contributed by atoms with Gasteiger partial charge in [0.05, 0.1) is 40.6 Å². The molecule has 11 heteroatoms. The Morgan fingerprint density at radius 3 is 1.94 bits per heavy atom. The normalized spacial score (nSPS) is 10.5. The predicted octanol–water partition coefficient (Wildman–Crippen LogP) is 5.76. The van der Waals surface area contributed by atoms with Crippen LogP contribution in [-0.2, 0) is 9.47 Å². The first kappa shape index (κ1) is 24.2. The lowest BCUT2D eigenvalue weighted by molar-refractivity contribution is 0.0517. The van der Waals surface area contributed by atoms with E-state index in [1.165, 1.54) is 24.3 Å². The molecule has 0 aliphatic rings. The Morgan fingerprint density at radius 1 is 0.909 bits per heavy atom. The van der Waals surface area contributed by atoms with Gasteiger partial charge in [0.2, 0.25) is 5.95 Å². The molecule has 2 aromatic carbocycles. The number of ether oxygens (including phenoxy) is 2. The fraction of sp³-hybridized carbons (Fsp3) is 0.182. The summed E-state index contributed by atoms with van der Waals surface area (Å²) in [6.07, 6.45) is 0.974. The van der Waals surface area contributed by atoms with Crippen LogP contribution in [0.15, 0.2) is 42.6 Å². The zero-order valence-corrected chi connectivity index (χ0v) is 19.1. The fourth-order valence-electron chi connectivity index (χ4n) is 2.72. The van der Waals surface area contributed by atoms with Gasteiger partial charge in [0.1, 0.15) is 0 Å². The van der Waals surface area contributed by atoms with Crippen LogP contribution < -0.4 is 10.6 Å². The van der Waals surface area contributed by atoms with Crippen LogP contribution in [0.25, 0.3) is 0 Å². The predicted molar refractivity (Wildman–Crippen MR) is 123 cm³/mol. The minimum atomic E-state index is -0.725. The average Bonchev–Trinajstić information content (AvgIpc) is 2.79. The Bertz CT molecular complexity index is 1190. The van der Waals surface area contributed by atoms with Crippen molar-refractivity contribution in [2.75, 3.05) is 23.8 Å². The molecule has 2 N–H and O–H groups in total. The molecule has 0 unspecified atom stereocenters. The van der Waals surface area contributed by atoms with Crippen LogP contribution >= 0.6 is 23.2 Å². The van der Waals surface area contributed by atoms with Gasteiger partial charge < -0.3 is 20.1 Å². The number of benzene rings is 2. The molecular formula is C22H19Cl2FN4O4. The zero-order valence-electron chi connectivity index (χ0n) is 17.6. The second-order valence-electron chi connectivity index (χ2n) is 6.47. The number of halogens is 3. The van der Waals surface area contributed by atoms with Crippen molar-refractivity contribution in [3.8, 4) is 0 Å². The maximum absolute atomic E-state index is 14.3. The van der Waals surface area contributed by atoms with Gasteiger partial charge in [-0.3, -0.25) is 0 Å². The lowest BCUT2D eigenvalue weighted by Crippen LogP contribution is -2.08. The molecule has 0 aliphatic carbocycles. The van der Waals surface area contributed by atoms with Crippen LogP contribution in [0.4, 0.5) is 27.5 Å². The van der Waals surface area contributed by atoms with Gasteiger partial charge >= 0.3 is 11.9 Å². The van der Waals surface area contributed by atoms with Crippen LogP contribution in [0.5, 0.6) is 0 Å². The van der Waals surface area contributed by atoms with E-state index in [9.17, 15) is 14.0 Å². The number of carbonyl (C=O) groups excluding carboxylic acids is 2. The summed E-state index contributed by atoms with van der Waals surface area (Å²) in [5, 5.41) is 6.10. The SMILES string of the molecule is CCOC(=O)c1cc(Nc2ncc(F)c(Nc3ccc(Cl)c(C(=O)OCC)c3)n2)ccc1Cl. The number of carbonyl (C=O) groups is 2. The highest BCUT2D eigenvalue weighted by atomic mass is 35.5. The summed E-state index contributed by atoms with van der Waals surface area (Å²) in [4.78, 5) is 32.1. The molecule has 0 saturated heterocycles. The van der Waals surface area contributed by atoms with Crippen LogP contribution in [-0.4, -0.2) is 35.1 Å². The molecule has 0 aliphatic heterocycles. The van der Waals surface area contributed by atoms with E-state index in [2.05, 4.69) is 20.6 Å². The summed E-state index contributed by atoms with van der Waals surface area (Å²) in [5.74, 6) is -2.00. The minimum absolute atomic E-state index is 0.0515. The number of esters is 2. The van der Waals surface area contributed by atoms with Crippen LogP contribution in [0.3, 0.4) is 0 Å². The third-order valence-corrected chi connectivity index (χ3v) is 4.85. The molecule has 3 rings (SSSR count). The van der Waals surface area contributed by atoms with Crippen molar-refractivity contribution < 1.29 is 23.5 Å². The van der Waals surface area contributed by atoms with E-state index in [0.29, 0.717) is 11.4 Å². The van der Waals surface area contributed by atoms with Crippen molar-refractivity contribution in [2.24, 2.45) is 0 Å². The number of nitrogens with zero attached hydrogens (tertiary/aromatic N) is 2. The largest absolute Gasteiger partial charge is 0.462 e. The molecular weight excluding hydrogens is 474 g/mol. The maximum Gasteiger partial charge on any atom is 0.339 e. The summed E-state index contributed by atoms with van der Waals surface area (Å²) >= 11 is 12.1. The molecule has 172 valence electrons. The van der Waals surface area contributed by atoms with Crippen LogP contribution in [0, 0.1) is 5.82 Å². The lowest BCUT2D eigenvalue weighted by Gasteiger charge is -2.12. The van der Waals surface area contributed by atoms with Crippen molar-refractivity contribution in [2.45, 2.75) is 13.8 Å². The Balaban J connectivity index is 1.84. The highest BCUT2D eigenvalue weighted by Crippen LogP contribution is 2.26. The van der Waals surface area contributed by atoms with Crippen molar-refractivity contribution in [3.05, 3.63) is 69.6 Å². The van der Waals surface area contributed by atoms with E-state index in [4.69, 9.17) is 32.7 Å². The van der Waals surface area contributed by atoms with E-state index in [1.807, 2.05) is 0 Å². The van der Waals surface area contributed by atoms with E-state index in [-0.39, 0.29) is 46.2 Å². The van der Waals surface area contributed by atoms with E-state index in [1.54, 1.807) is 26.0 Å². The number of hydrogen-bond acceptors (Lipinski definition) is 8. The van der Waals surface area contributed by atoms with Crippen LogP contribution in [0.1, 0.15) is 34.6 Å². The summed E-state index contributed by atoms with van der Waals surface area (Å²) in [7, 11) is 0. The third kappa shape index (κ3) is 6.09. The number of aromatic nitrogens is 2. The number of rotatable bonds is 8. The monoisotopic (exact) mass is 492 g/mol. The van der Waals surface area contributed by atoms with E-state index < -0.39 is 17.8 Å². The number of nitrogens with one attached hydrogen (secondary N) is 2. The second kappa shape index (κ2) is 10.9. The maximum atomic E-state index is 14.3. The molecule has 8 nitrogen and oxygen atoms in total. The van der Waals surface area contributed by atoms with Crippen LogP contribution in [0.2, 0.25) is 10.0 Å². The topological polar surface area (TPSA) is 102 Å². The Kier molecular flexibility index (Phi) is 8.02. The molecule has 3 aromatic rings. The smallest absolute Gasteiger partial charge is 0.339 e. The second-order valence-corrected chi connectivity index (χ2v) is 7.28. The van der Waals surface area contributed by atoms with Gasteiger partial charge in [-0.25, -0.2) is 19.0 Å². The molecule has 0 saturated carbocycles. The number of hydrogen-bond donors (Lipinski definition) is 2. The highest BCUT2D eigenvalue weighted by Gasteiger charge is 2.15. The molecule has 0 bridgehead atoms. The zero-order chi connectivity index (χ0) is 24.0. The molecule has 0 amide bonds. The van der Waals surface area contributed by atoms with E-state index in [0.717, 1.165) is 6.20 Å². The molecule has 33 heavy (non-hydrogen) atoms. The van der Waals surface area contributed by atoms with Gasteiger partial charge in [0.25, 0.3) is 0 Å². The van der Waals surface area contributed by atoms with Gasteiger partial charge in [-0.2, -0.15) is 4.98 Å². The van der Waals surface area contributed by atoms with Gasteiger partial charge in [0.15, 0.2) is 11.6 Å². The molecule has 0 atom stereocenters. The van der Waals surface area contributed by atoms with Gasteiger partial charge in [-0.1, -0.05) is 23.2 Å². The summed E-state index contributed by atoms with van der Waals surface area (Å²) in [6, 6.07) is 9.08. The first-order valence-electron chi connectivity index (χ1n) is 9.82. The van der Waals surface area contributed by atoms with Crippen molar-refractivity contribution in [1.29, 1.82) is 0 Å². The molecule has 1 heterocycles. The quantitative estimate of drug-likeness (QED) is 0.382. The van der Waals surface area contributed by atoms with Gasteiger partial charge in [0, 0.05) is 11.4 Å². The lowest BCUT2D eigenvalue weighted by atomic mass is 10.2. The number of anilines is 4.